The maximum Gasteiger partial charge on any atom is 0.259 e. The van der Waals surface area contributed by atoms with Crippen LogP contribution in [-0.2, 0) is 7.05 Å². The van der Waals surface area contributed by atoms with Crippen molar-refractivity contribution in [3.05, 3.63) is 36.3 Å². The lowest BCUT2D eigenvalue weighted by molar-refractivity contribution is -0.0886. The first kappa shape index (κ1) is 15.4. The van der Waals surface area contributed by atoms with Gasteiger partial charge in [0.05, 0.1) is 11.8 Å². The van der Waals surface area contributed by atoms with Crippen molar-refractivity contribution in [3.63, 3.8) is 0 Å². The molecule has 2 fully saturated rings. The molecule has 0 aromatic carbocycles. The van der Waals surface area contributed by atoms with Crippen LogP contribution in [0.15, 0.2) is 30.7 Å². The zero-order valence-corrected chi connectivity index (χ0v) is 14.1. The van der Waals surface area contributed by atoms with Crippen LogP contribution in [0.2, 0.25) is 0 Å². The van der Waals surface area contributed by atoms with Crippen molar-refractivity contribution >= 4 is 5.91 Å². The molecule has 1 N–H and O–H groups in total. The van der Waals surface area contributed by atoms with E-state index in [0.717, 1.165) is 31.5 Å². The number of hydrogen-bond acceptors (Lipinski definition) is 3. The van der Waals surface area contributed by atoms with Gasteiger partial charge in [0.25, 0.3) is 5.91 Å². The van der Waals surface area contributed by atoms with E-state index in [1.807, 2.05) is 41.0 Å². The summed E-state index contributed by atoms with van der Waals surface area (Å²) in [4.78, 5) is 15.0. The Morgan fingerprint density at radius 1 is 1.29 bits per heavy atom. The molecule has 2 aliphatic rings. The number of aliphatic hydroxyl groups is 1. The number of hydrogen-bond donors (Lipinski definition) is 1. The Morgan fingerprint density at radius 3 is 2.88 bits per heavy atom. The smallest absolute Gasteiger partial charge is 0.259 e. The minimum absolute atomic E-state index is 0.0134. The van der Waals surface area contributed by atoms with E-state index in [1.165, 1.54) is 0 Å². The van der Waals surface area contributed by atoms with Crippen LogP contribution in [0.3, 0.4) is 0 Å². The average Bonchev–Trinajstić information content (AvgIpc) is 3.22. The molecule has 6 nitrogen and oxygen atoms in total. The Labute approximate surface area is 141 Å². The second kappa shape index (κ2) is 5.77. The van der Waals surface area contributed by atoms with Gasteiger partial charge in [-0.3, -0.25) is 9.48 Å². The first-order valence-corrected chi connectivity index (χ1v) is 8.75. The predicted molar refractivity (Wildman–Crippen MR) is 90.0 cm³/mol. The lowest BCUT2D eigenvalue weighted by atomic mass is 9.71. The van der Waals surface area contributed by atoms with Gasteiger partial charge in [0.2, 0.25) is 0 Å². The van der Waals surface area contributed by atoms with Crippen LogP contribution in [-0.4, -0.2) is 49.0 Å². The van der Waals surface area contributed by atoms with Crippen LogP contribution in [0, 0.1) is 5.92 Å². The number of aromatic nitrogens is 3. The summed E-state index contributed by atoms with van der Waals surface area (Å²) in [5.74, 6) is 1.00. The monoisotopic (exact) mass is 328 g/mol. The molecule has 2 atom stereocenters. The lowest BCUT2D eigenvalue weighted by Crippen LogP contribution is -2.54. The van der Waals surface area contributed by atoms with E-state index < -0.39 is 5.60 Å². The summed E-state index contributed by atoms with van der Waals surface area (Å²) in [6.45, 7) is 1.27. The number of likely N-dealkylation sites (tertiary alicyclic amines) is 1. The maximum absolute atomic E-state index is 13.1. The van der Waals surface area contributed by atoms with Gasteiger partial charge in [0.1, 0.15) is 11.4 Å². The standard InChI is InChI=1S/C18H24N4O2/c1-20-16(21-9-4-5-10-21)15(12-19-20)17(23)22-11-8-18(24)7-3-2-6-14(18)13-22/h4-5,9-10,12,14,24H,2-3,6-8,11,13H2,1H3/t14-,18-/m0/s1. The highest BCUT2D eigenvalue weighted by atomic mass is 16.3. The molecule has 2 aromatic heterocycles. The molecular formula is C18H24N4O2. The summed E-state index contributed by atoms with van der Waals surface area (Å²) >= 11 is 0. The Balaban J connectivity index is 1.59. The molecule has 0 spiro atoms. The van der Waals surface area contributed by atoms with E-state index in [-0.39, 0.29) is 11.8 Å². The highest BCUT2D eigenvalue weighted by Crippen LogP contribution is 2.40. The molecule has 128 valence electrons. The van der Waals surface area contributed by atoms with Gasteiger partial charge < -0.3 is 14.6 Å². The fraction of sp³-hybridized carbons (Fsp3) is 0.556. The largest absolute Gasteiger partial charge is 0.389 e. The number of aryl methyl sites for hydroxylation is 1. The van der Waals surface area contributed by atoms with Gasteiger partial charge in [-0.25, -0.2) is 0 Å². The third kappa shape index (κ3) is 2.45. The summed E-state index contributed by atoms with van der Waals surface area (Å²) in [7, 11) is 1.85. The van der Waals surface area contributed by atoms with E-state index in [2.05, 4.69) is 5.10 Å². The molecular weight excluding hydrogens is 304 g/mol. The molecule has 1 saturated heterocycles. The minimum atomic E-state index is -0.562. The summed E-state index contributed by atoms with van der Waals surface area (Å²) in [6.07, 6.45) is 10.3. The number of fused-ring (bicyclic) bond motifs is 1. The molecule has 0 bridgehead atoms. The van der Waals surface area contributed by atoms with E-state index >= 15 is 0 Å². The molecule has 6 heteroatoms. The highest BCUT2D eigenvalue weighted by molar-refractivity contribution is 5.97. The molecule has 1 aliphatic carbocycles. The quantitative estimate of drug-likeness (QED) is 0.917. The van der Waals surface area contributed by atoms with Crippen LogP contribution < -0.4 is 0 Å². The van der Waals surface area contributed by atoms with Gasteiger partial charge >= 0.3 is 0 Å². The Morgan fingerprint density at radius 2 is 2.08 bits per heavy atom. The Kier molecular flexibility index (Phi) is 3.72. The second-order valence-electron chi connectivity index (χ2n) is 7.14. The van der Waals surface area contributed by atoms with E-state index in [4.69, 9.17) is 0 Å². The van der Waals surface area contributed by atoms with Crippen LogP contribution in [0.25, 0.3) is 5.82 Å². The number of carbonyl (C=O) groups excluding carboxylic acids is 1. The molecule has 2 aromatic rings. The molecule has 1 aliphatic heterocycles. The summed E-state index contributed by atoms with van der Waals surface area (Å²) < 4.78 is 3.65. The third-order valence-corrected chi connectivity index (χ3v) is 5.70. The molecule has 3 heterocycles. The van der Waals surface area contributed by atoms with Crippen molar-refractivity contribution in [2.45, 2.75) is 37.7 Å². The van der Waals surface area contributed by atoms with Crippen LogP contribution in [0.4, 0.5) is 0 Å². The van der Waals surface area contributed by atoms with Crippen LogP contribution in [0.5, 0.6) is 0 Å². The number of nitrogens with zero attached hydrogens (tertiary/aromatic N) is 4. The highest BCUT2D eigenvalue weighted by Gasteiger charge is 2.44. The lowest BCUT2D eigenvalue weighted by Gasteiger charge is -2.47. The van der Waals surface area contributed by atoms with Crippen molar-refractivity contribution in [1.82, 2.24) is 19.2 Å². The molecule has 0 radical (unpaired) electrons. The van der Waals surface area contributed by atoms with E-state index in [9.17, 15) is 9.90 Å². The molecule has 0 unspecified atom stereocenters. The van der Waals surface area contributed by atoms with Gasteiger partial charge in [-0.15, -0.1) is 0 Å². The van der Waals surface area contributed by atoms with Gasteiger partial charge in [-0.05, 0) is 31.4 Å². The third-order valence-electron chi connectivity index (χ3n) is 5.70. The number of piperidine rings is 1. The predicted octanol–water partition coefficient (Wildman–Crippen LogP) is 1.98. The van der Waals surface area contributed by atoms with Gasteiger partial charge in [-0.1, -0.05) is 12.8 Å². The van der Waals surface area contributed by atoms with Gasteiger partial charge in [-0.2, -0.15) is 5.10 Å². The van der Waals surface area contributed by atoms with Crippen molar-refractivity contribution in [3.8, 4) is 5.82 Å². The number of amides is 1. The maximum atomic E-state index is 13.1. The van der Waals surface area contributed by atoms with Gasteiger partial charge in [0.15, 0.2) is 0 Å². The first-order chi connectivity index (χ1) is 11.6. The zero-order chi connectivity index (χ0) is 16.7. The molecule has 4 rings (SSSR count). The van der Waals surface area contributed by atoms with Crippen molar-refractivity contribution in [2.24, 2.45) is 13.0 Å². The first-order valence-electron chi connectivity index (χ1n) is 8.75. The Bertz CT molecular complexity index is 736. The Hall–Kier alpha value is -2.08. The van der Waals surface area contributed by atoms with Crippen molar-refractivity contribution < 1.29 is 9.90 Å². The fourth-order valence-electron chi connectivity index (χ4n) is 4.29. The summed E-state index contributed by atoms with van der Waals surface area (Å²) in [5, 5.41) is 15.1. The average molecular weight is 328 g/mol. The summed E-state index contributed by atoms with van der Waals surface area (Å²) in [5.41, 5.74) is 0.0580. The normalized spacial score (nSPS) is 27.1. The van der Waals surface area contributed by atoms with Crippen molar-refractivity contribution in [2.75, 3.05) is 13.1 Å². The zero-order valence-electron chi connectivity index (χ0n) is 14.1. The molecule has 24 heavy (non-hydrogen) atoms. The SMILES string of the molecule is Cn1ncc(C(=O)N2CC[C@@]3(O)CCCC[C@H]3C2)c1-n1cccc1. The van der Waals surface area contributed by atoms with Gasteiger partial charge in [0, 0.05) is 38.4 Å². The topological polar surface area (TPSA) is 63.3 Å². The molecule has 1 amide bonds. The van der Waals surface area contributed by atoms with E-state index in [1.54, 1.807) is 10.9 Å². The fourth-order valence-corrected chi connectivity index (χ4v) is 4.29. The van der Waals surface area contributed by atoms with Crippen LogP contribution in [0.1, 0.15) is 42.5 Å². The summed E-state index contributed by atoms with van der Waals surface area (Å²) in [6, 6.07) is 3.87. The number of rotatable bonds is 2. The number of carbonyl (C=O) groups is 1. The minimum Gasteiger partial charge on any atom is -0.389 e. The van der Waals surface area contributed by atoms with E-state index in [0.29, 0.717) is 25.1 Å². The van der Waals surface area contributed by atoms with Crippen LogP contribution >= 0.6 is 0 Å². The van der Waals surface area contributed by atoms with Crippen molar-refractivity contribution in [1.29, 1.82) is 0 Å². The second-order valence-corrected chi connectivity index (χ2v) is 7.14. The molecule has 1 saturated carbocycles.